The molecule has 5 nitrogen and oxygen atoms in total. The average molecular weight is 331 g/mol. The monoisotopic (exact) mass is 331 g/mol. The van der Waals surface area contributed by atoms with Crippen LogP contribution >= 0.6 is 0 Å². The number of nitrogens with one attached hydrogen (secondary N) is 2. The molecule has 0 fully saturated rings. The first-order valence-electron chi connectivity index (χ1n) is 7.43. The Hall–Kier alpha value is -1.96. The summed E-state index contributed by atoms with van der Waals surface area (Å²) in [5.74, 6) is 0.986. The van der Waals surface area contributed by atoms with Crippen molar-refractivity contribution in [3.63, 3.8) is 0 Å². The summed E-state index contributed by atoms with van der Waals surface area (Å²) in [4.78, 5) is 3.83. The van der Waals surface area contributed by atoms with Gasteiger partial charge in [-0.3, -0.25) is 4.99 Å². The first-order chi connectivity index (χ1) is 10.9. The van der Waals surface area contributed by atoms with E-state index in [4.69, 9.17) is 9.84 Å². The number of hydrogen-bond donors (Lipinski definition) is 3. The second kappa shape index (κ2) is 7.54. The number of aliphatic imine (C=N–C) groups is 1. The van der Waals surface area contributed by atoms with Gasteiger partial charge in [-0.05, 0) is 13.0 Å². The van der Waals surface area contributed by atoms with E-state index in [1.165, 1.54) is 0 Å². The second-order valence-corrected chi connectivity index (χ2v) is 5.15. The number of aliphatic hydroxyl groups excluding tert-OH is 1. The molecule has 3 N–H and O–H groups in total. The van der Waals surface area contributed by atoms with Crippen LogP contribution in [0, 0.1) is 0 Å². The number of hydrogen-bond acceptors (Lipinski definition) is 3. The van der Waals surface area contributed by atoms with Crippen LogP contribution in [0.15, 0.2) is 29.3 Å². The van der Waals surface area contributed by atoms with Crippen molar-refractivity contribution >= 4 is 5.96 Å². The number of guanidine groups is 1. The van der Waals surface area contributed by atoms with E-state index in [-0.39, 0.29) is 12.0 Å². The van der Waals surface area contributed by atoms with Gasteiger partial charge in [-0.25, -0.2) is 0 Å². The number of fused-ring (bicyclic) bond motifs is 1. The van der Waals surface area contributed by atoms with E-state index < -0.39 is 18.8 Å². The van der Waals surface area contributed by atoms with Crippen LogP contribution in [0.3, 0.4) is 0 Å². The third-order valence-corrected chi connectivity index (χ3v) is 3.41. The van der Waals surface area contributed by atoms with Gasteiger partial charge < -0.3 is 20.5 Å². The molecule has 0 spiro atoms. The SMILES string of the molecule is CCNC(=NCC(O)C(F)(F)F)NC1CCOc2ccccc21. The van der Waals surface area contributed by atoms with Crippen molar-refractivity contribution in [2.45, 2.75) is 31.7 Å². The molecule has 2 unspecified atom stereocenters. The Balaban J connectivity index is 2.08. The number of rotatable bonds is 4. The molecule has 0 amide bonds. The summed E-state index contributed by atoms with van der Waals surface area (Å²) in [5, 5.41) is 15.0. The molecule has 1 aliphatic rings. The zero-order valence-electron chi connectivity index (χ0n) is 12.7. The zero-order valence-corrected chi connectivity index (χ0v) is 12.7. The molecule has 0 aliphatic carbocycles. The predicted molar refractivity (Wildman–Crippen MR) is 80.5 cm³/mol. The van der Waals surface area contributed by atoms with Crippen LogP contribution in [0.5, 0.6) is 5.75 Å². The van der Waals surface area contributed by atoms with E-state index >= 15 is 0 Å². The third kappa shape index (κ3) is 4.75. The molecule has 1 aromatic carbocycles. The summed E-state index contributed by atoms with van der Waals surface area (Å²) < 4.78 is 42.6. The van der Waals surface area contributed by atoms with Crippen LogP contribution < -0.4 is 15.4 Å². The van der Waals surface area contributed by atoms with Crippen LogP contribution in [-0.2, 0) is 0 Å². The summed E-state index contributed by atoms with van der Waals surface area (Å²) in [6, 6.07) is 7.38. The Morgan fingerprint density at radius 3 is 2.87 bits per heavy atom. The van der Waals surface area contributed by atoms with Gasteiger partial charge in [-0.1, -0.05) is 18.2 Å². The van der Waals surface area contributed by atoms with E-state index in [1.807, 2.05) is 31.2 Å². The molecular formula is C15H20F3N3O2. The third-order valence-electron chi connectivity index (χ3n) is 3.41. The summed E-state index contributed by atoms with van der Waals surface area (Å²) >= 11 is 0. The average Bonchev–Trinajstić information content (AvgIpc) is 2.52. The Morgan fingerprint density at radius 1 is 1.43 bits per heavy atom. The fraction of sp³-hybridized carbons (Fsp3) is 0.533. The Kier molecular flexibility index (Phi) is 5.70. The summed E-state index contributed by atoms with van der Waals surface area (Å²) in [6.45, 7) is 2.08. The number of halogens is 3. The number of aliphatic hydroxyl groups is 1. The van der Waals surface area contributed by atoms with Gasteiger partial charge in [0.05, 0.1) is 19.2 Å². The predicted octanol–water partition coefficient (Wildman–Crippen LogP) is 1.99. The molecule has 0 bridgehead atoms. The molecule has 23 heavy (non-hydrogen) atoms. The van der Waals surface area contributed by atoms with Crippen LogP contribution in [0.2, 0.25) is 0 Å². The minimum absolute atomic E-state index is 0.110. The van der Waals surface area contributed by atoms with E-state index in [2.05, 4.69) is 15.6 Å². The topological polar surface area (TPSA) is 65.9 Å². The lowest BCUT2D eigenvalue weighted by atomic mass is 10.0. The number of para-hydroxylation sites is 1. The fourth-order valence-electron chi connectivity index (χ4n) is 2.26. The molecule has 128 valence electrons. The van der Waals surface area contributed by atoms with Crippen LogP contribution in [0.25, 0.3) is 0 Å². The first-order valence-corrected chi connectivity index (χ1v) is 7.43. The highest BCUT2D eigenvalue weighted by Crippen LogP contribution is 2.31. The quantitative estimate of drug-likeness (QED) is 0.583. The maximum absolute atomic E-state index is 12.4. The smallest absolute Gasteiger partial charge is 0.416 e. The fourth-order valence-corrected chi connectivity index (χ4v) is 2.26. The largest absolute Gasteiger partial charge is 0.493 e. The standard InChI is InChI=1S/C15H20F3N3O2/c1-2-19-14(20-9-13(22)15(16,17)18)21-11-7-8-23-12-6-4-3-5-10(11)12/h3-6,11,13,22H,2,7-9H2,1H3,(H2,19,20,21). The van der Waals surface area contributed by atoms with E-state index in [0.29, 0.717) is 19.6 Å². The molecule has 1 heterocycles. The molecule has 0 radical (unpaired) electrons. The minimum atomic E-state index is -4.67. The number of alkyl halides is 3. The molecule has 1 aliphatic heterocycles. The van der Waals surface area contributed by atoms with Gasteiger partial charge in [0.2, 0.25) is 0 Å². The van der Waals surface area contributed by atoms with Crippen molar-refractivity contribution in [2.75, 3.05) is 19.7 Å². The van der Waals surface area contributed by atoms with E-state index in [9.17, 15) is 13.2 Å². The van der Waals surface area contributed by atoms with Crippen LogP contribution in [0.1, 0.15) is 24.9 Å². The summed E-state index contributed by atoms with van der Waals surface area (Å²) in [6.07, 6.45) is -6.48. The second-order valence-electron chi connectivity index (χ2n) is 5.15. The molecular weight excluding hydrogens is 311 g/mol. The molecule has 0 saturated heterocycles. The van der Waals surface area contributed by atoms with Crippen molar-refractivity contribution in [1.82, 2.24) is 10.6 Å². The Bertz CT molecular complexity index is 549. The van der Waals surface area contributed by atoms with Crippen molar-refractivity contribution in [2.24, 2.45) is 4.99 Å². The van der Waals surface area contributed by atoms with Gasteiger partial charge in [0.25, 0.3) is 0 Å². The van der Waals surface area contributed by atoms with Crippen molar-refractivity contribution < 1.29 is 23.0 Å². The zero-order chi connectivity index (χ0) is 16.9. The molecule has 8 heteroatoms. The number of benzene rings is 1. The van der Waals surface area contributed by atoms with Crippen molar-refractivity contribution in [3.8, 4) is 5.75 Å². The molecule has 2 rings (SSSR count). The maximum Gasteiger partial charge on any atom is 0.416 e. The maximum atomic E-state index is 12.4. The van der Waals surface area contributed by atoms with Gasteiger partial charge in [-0.15, -0.1) is 0 Å². The summed E-state index contributed by atoms with van der Waals surface area (Å²) in [5.41, 5.74) is 0.931. The highest BCUT2D eigenvalue weighted by Gasteiger charge is 2.38. The van der Waals surface area contributed by atoms with Crippen molar-refractivity contribution in [1.29, 1.82) is 0 Å². The lowest BCUT2D eigenvalue weighted by molar-refractivity contribution is -0.199. The summed E-state index contributed by atoms with van der Waals surface area (Å²) in [7, 11) is 0. The Morgan fingerprint density at radius 2 is 2.17 bits per heavy atom. The van der Waals surface area contributed by atoms with Gasteiger partial charge in [0.15, 0.2) is 12.1 Å². The molecule has 1 aromatic rings. The minimum Gasteiger partial charge on any atom is -0.493 e. The lowest BCUT2D eigenvalue weighted by Crippen LogP contribution is -2.42. The molecule has 0 saturated carbocycles. The number of ether oxygens (including phenoxy) is 1. The van der Waals surface area contributed by atoms with Gasteiger partial charge in [0.1, 0.15) is 5.75 Å². The van der Waals surface area contributed by atoms with Gasteiger partial charge >= 0.3 is 6.18 Å². The van der Waals surface area contributed by atoms with Crippen molar-refractivity contribution in [3.05, 3.63) is 29.8 Å². The van der Waals surface area contributed by atoms with Crippen LogP contribution in [0.4, 0.5) is 13.2 Å². The Labute approximate surface area is 132 Å². The molecule has 2 atom stereocenters. The van der Waals surface area contributed by atoms with E-state index in [0.717, 1.165) is 11.3 Å². The van der Waals surface area contributed by atoms with Gasteiger partial charge in [0, 0.05) is 18.5 Å². The lowest BCUT2D eigenvalue weighted by Gasteiger charge is -2.28. The molecule has 0 aromatic heterocycles. The first kappa shape index (κ1) is 17.4. The number of nitrogens with zero attached hydrogens (tertiary/aromatic N) is 1. The van der Waals surface area contributed by atoms with E-state index in [1.54, 1.807) is 0 Å². The van der Waals surface area contributed by atoms with Crippen LogP contribution in [-0.4, -0.2) is 43.0 Å². The highest BCUT2D eigenvalue weighted by atomic mass is 19.4. The normalized spacial score (nSPS) is 19.5. The highest BCUT2D eigenvalue weighted by molar-refractivity contribution is 5.80. The van der Waals surface area contributed by atoms with Gasteiger partial charge in [-0.2, -0.15) is 13.2 Å².